The van der Waals surface area contributed by atoms with Gasteiger partial charge in [0.2, 0.25) is 0 Å². The third-order valence-corrected chi connectivity index (χ3v) is 5.62. The van der Waals surface area contributed by atoms with Gasteiger partial charge in [0.15, 0.2) is 0 Å². The number of nitrogens with one attached hydrogen (secondary N) is 1. The van der Waals surface area contributed by atoms with E-state index in [4.69, 9.17) is 4.98 Å². The molecule has 2 aromatic carbocycles. The number of H-pyrrole nitrogens is 1. The number of pyridine rings is 1. The van der Waals surface area contributed by atoms with E-state index < -0.39 is 0 Å². The molecule has 1 atom stereocenters. The molecule has 5 heteroatoms. The summed E-state index contributed by atoms with van der Waals surface area (Å²) in [6.45, 7) is 4.15. The fraction of sp³-hybridized carbons (Fsp3) is 0.208. The number of likely N-dealkylation sites (N-methyl/N-ethyl adjacent to an activating group) is 1. The van der Waals surface area contributed by atoms with Gasteiger partial charge in [0.25, 0.3) is 0 Å². The minimum absolute atomic E-state index is 0.118. The molecule has 0 fully saturated rings. The summed E-state index contributed by atoms with van der Waals surface area (Å²) in [5, 5.41) is 1.14. The molecule has 1 unspecified atom stereocenters. The second kappa shape index (κ2) is 7.66. The summed E-state index contributed by atoms with van der Waals surface area (Å²) in [5.41, 5.74) is 6.12. The number of benzene rings is 2. The van der Waals surface area contributed by atoms with Crippen LogP contribution in [0.25, 0.3) is 10.9 Å². The number of fused-ring (bicyclic) bond motifs is 1. The number of aryl methyl sites for hydroxylation is 2. The van der Waals surface area contributed by atoms with E-state index in [-0.39, 0.29) is 17.7 Å². The van der Waals surface area contributed by atoms with Gasteiger partial charge in [-0.2, -0.15) is 0 Å². The number of aromatic amines is 1. The largest absolute Gasteiger partial charge is 0.366 e. The Morgan fingerprint density at radius 2 is 1.55 bits per heavy atom. The SMILES string of the molecule is Cc1[nH]c2c(C(Cc3ccc(F)cc3)N(C)c3ccc(F)cc3)nccc2c1C. The lowest BCUT2D eigenvalue weighted by Crippen LogP contribution is -2.27. The molecule has 0 spiro atoms. The van der Waals surface area contributed by atoms with Crippen molar-refractivity contribution in [3.63, 3.8) is 0 Å². The van der Waals surface area contributed by atoms with Crippen LogP contribution in [0.5, 0.6) is 0 Å². The van der Waals surface area contributed by atoms with Gasteiger partial charge in [0, 0.05) is 30.0 Å². The number of rotatable bonds is 5. The topological polar surface area (TPSA) is 31.9 Å². The van der Waals surface area contributed by atoms with Crippen LogP contribution in [0.4, 0.5) is 14.5 Å². The van der Waals surface area contributed by atoms with Gasteiger partial charge in [-0.05, 0) is 73.9 Å². The van der Waals surface area contributed by atoms with Crippen LogP contribution in [-0.4, -0.2) is 17.0 Å². The lowest BCUT2D eigenvalue weighted by molar-refractivity contribution is 0.620. The summed E-state index contributed by atoms with van der Waals surface area (Å²) in [7, 11) is 1.98. The maximum Gasteiger partial charge on any atom is 0.123 e. The van der Waals surface area contributed by atoms with Crippen molar-refractivity contribution < 1.29 is 8.78 Å². The van der Waals surface area contributed by atoms with E-state index in [0.717, 1.165) is 33.5 Å². The maximum atomic E-state index is 13.4. The zero-order chi connectivity index (χ0) is 20.5. The van der Waals surface area contributed by atoms with Gasteiger partial charge in [-0.25, -0.2) is 8.78 Å². The van der Waals surface area contributed by atoms with E-state index in [9.17, 15) is 8.78 Å². The Bertz CT molecular complexity index is 1130. The fourth-order valence-corrected chi connectivity index (χ4v) is 3.77. The van der Waals surface area contributed by atoms with Crippen molar-refractivity contribution in [3.8, 4) is 0 Å². The fourth-order valence-electron chi connectivity index (χ4n) is 3.77. The predicted molar refractivity (Wildman–Crippen MR) is 113 cm³/mol. The van der Waals surface area contributed by atoms with Crippen molar-refractivity contribution in [2.45, 2.75) is 26.3 Å². The highest BCUT2D eigenvalue weighted by molar-refractivity contribution is 5.86. The summed E-state index contributed by atoms with van der Waals surface area (Å²) >= 11 is 0. The molecule has 29 heavy (non-hydrogen) atoms. The molecule has 0 aliphatic heterocycles. The summed E-state index contributed by atoms with van der Waals surface area (Å²) in [6.07, 6.45) is 2.46. The van der Waals surface area contributed by atoms with Gasteiger partial charge in [-0.15, -0.1) is 0 Å². The van der Waals surface area contributed by atoms with Crippen LogP contribution < -0.4 is 4.90 Å². The Morgan fingerprint density at radius 1 is 0.931 bits per heavy atom. The lowest BCUT2D eigenvalue weighted by atomic mass is 9.99. The van der Waals surface area contributed by atoms with Crippen molar-refractivity contribution in [2.75, 3.05) is 11.9 Å². The molecule has 0 radical (unpaired) electrons. The van der Waals surface area contributed by atoms with E-state index >= 15 is 0 Å². The molecule has 0 saturated carbocycles. The van der Waals surface area contributed by atoms with Crippen molar-refractivity contribution >= 4 is 16.6 Å². The quantitative estimate of drug-likeness (QED) is 0.461. The number of aromatic nitrogens is 2. The smallest absolute Gasteiger partial charge is 0.123 e. The molecule has 1 N–H and O–H groups in total. The summed E-state index contributed by atoms with van der Waals surface area (Å²) in [6, 6.07) is 14.9. The Morgan fingerprint density at radius 3 is 2.21 bits per heavy atom. The normalized spacial score (nSPS) is 12.3. The van der Waals surface area contributed by atoms with Gasteiger partial charge >= 0.3 is 0 Å². The highest BCUT2D eigenvalue weighted by atomic mass is 19.1. The average Bonchev–Trinajstić information content (AvgIpc) is 3.02. The Hall–Kier alpha value is -3.21. The Labute approximate surface area is 169 Å². The van der Waals surface area contributed by atoms with Gasteiger partial charge in [-0.1, -0.05) is 12.1 Å². The van der Waals surface area contributed by atoms with E-state index in [1.807, 2.05) is 19.3 Å². The lowest BCUT2D eigenvalue weighted by Gasteiger charge is -2.30. The Kier molecular flexibility index (Phi) is 5.05. The first-order valence-corrected chi connectivity index (χ1v) is 9.60. The third-order valence-electron chi connectivity index (χ3n) is 5.62. The molecule has 4 rings (SSSR count). The molecule has 0 bridgehead atoms. The highest BCUT2D eigenvalue weighted by Crippen LogP contribution is 2.33. The zero-order valence-corrected chi connectivity index (χ0v) is 16.7. The first-order chi connectivity index (χ1) is 13.9. The zero-order valence-electron chi connectivity index (χ0n) is 16.7. The maximum absolute atomic E-state index is 13.4. The number of nitrogens with zero attached hydrogens (tertiary/aromatic N) is 2. The van der Waals surface area contributed by atoms with E-state index in [1.165, 1.54) is 29.8 Å². The number of hydrogen-bond acceptors (Lipinski definition) is 2. The molecule has 148 valence electrons. The van der Waals surface area contributed by atoms with Crippen LogP contribution in [0, 0.1) is 25.5 Å². The standard InChI is InChI=1S/C24H23F2N3/c1-15-16(2)28-23-21(15)12-13-27-24(23)22(14-17-4-6-18(25)7-5-17)29(3)20-10-8-19(26)9-11-20/h4-13,22,28H,14H2,1-3H3. The minimum Gasteiger partial charge on any atom is -0.366 e. The first-order valence-electron chi connectivity index (χ1n) is 9.60. The summed E-state index contributed by atoms with van der Waals surface area (Å²) in [5.74, 6) is -0.527. The molecule has 4 aromatic rings. The molecule has 0 saturated heterocycles. The van der Waals surface area contributed by atoms with Crippen LogP contribution >= 0.6 is 0 Å². The van der Waals surface area contributed by atoms with Crippen LogP contribution in [-0.2, 0) is 6.42 Å². The summed E-state index contributed by atoms with van der Waals surface area (Å²) in [4.78, 5) is 10.3. The second-order valence-corrected chi connectivity index (χ2v) is 7.43. The van der Waals surface area contributed by atoms with E-state index in [0.29, 0.717) is 6.42 Å². The molecule has 3 nitrogen and oxygen atoms in total. The van der Waals surface area contributed by atoms with Gasteiger partial charge in [0.05, 0.1) is 17.3 Å². The molecule has 0 aliphatic rings. The van der Waals surface area contributed by atoms with E-state index in [1.54, 1.807) is 24.3 Å². The van der Waals surface area contributed by atoms with Crippen LogP contribution in [0.15, 0.2) is 60.8 Å². The first kappa shape index (κ1) is 19.1. The van der Waals surface area contributed by atoms with Crippen molar-refractivity contribution in [3.05, 3.63) is 94.9 Å². The number of hydrogen-bond donors (Lipinski definition) is 1. The monoisotopic (exact) mass is 391 g/mol. The Balaban J connectivity index is 1.82. The molecule has 2 heterocycles. The van der Waals surface area contributed by atoms with Crippen LogP contribution in [0.3, 0.4) is 0 Å². The van der Waals surface area contributed by atoms with Gasteiger partial charge < -0.3 is 9.88 Å². The third kappa shape index (κ3) is 3.73. The average molecular weight is 391 g/mol. The summed E-state index contributed by atoms with van der Waals surface area (Å²) < 4.78 is 26.8. The van der Waals surface area contributed by atoms with E-state index in [2.05, 4.69) is 23.7 Å². The van der Waals surface area contributed by atoms with Crippen LogP contribution in [0.1, 0.15) is 28.6 Å². The van der Waals surface area contributed by atoms with Crippen molar-refractivity contribution in [2.24, 2.45) is 0 Å². The number of anilines is 1. The molecular weight excluding hydrogens is 368 g/mol. The van der Waals surface area contributed by atoms with Crippen LogP contribution in [0.2, 0.25) is 0 Å². The van der Waals surface area contributed by atoms with Crippen molar-refractivity contribution in [1.82, 2.24) is 9.97 Å². The number of halogens is 2. The molecular formula is C24H23F2N3. The highest BCUT2D eigenvalue weighted by Gasteiger charge is 2.23. The second-order valence-electron chi connectivity index (χ2n) is 7.43. The van der Waals surface area contributed by atoms with Gasteiger partial charge in [-0.3, -0.25) is 4.98 Å². The van der Waals surface area contributed by atoms with Crippen molar-refractivity contribution in [1.29, 1.82) is 0 Å². The van der Waals surface area contributed by atoms with Gasteiger partial charge in [0.1, 0.15) is 11.6 Å². The predicted octanol–water partition coefficient (Wildman–Crippen LogP) is 5.88. The molecule has 2 aromatic heterocycles. The molecule has 0 amide bonds. The molecule has 0 aliphatic carbocycles. The minimum atomic E-state index is -0.270.